The first-order valence-electron chi connectivity index (χ1n) is 7.88. The summed E-state index contributed by atoms with van der Waals surface area (Å²) in [6.07, 6.45) is 1.01. The zero-order valence-corrected chi connectivity index (χ0v) is 14.9. The molecule has 2 aromatic heterocycles. The van der Waals surface area contributed by atoms with E-state index in [0.717, 1.165) is 0 Å². The number of halogens is 1. The van der Waals surface area contributed by atoms with Crippen molar-refractivity contribution in [2.24, 2.45) is 0 Å². The van der Waals surface area contributed by atoms with Crippen molar-refractivity contribution < 1.29 is 9.53 Å². The predicted octanol–water partition coefficient (Wildman–Crippen LogP) is 2.95. The average molecular weight is 353 g/mol. The van der Waals surface area contributed by atoms with E-state index >= 15 is 0 Å². The number of carbonyl (C=O) groups is 1. The zero-order chi connectivity index (χ0) is 17.6. The van der Waals surface area contributed by atoms with Crippen LogP contribution in [-0.2, 0) is 4.74 Å². The van der Waals surface area contributed by atoms with Gasteiger partial charge in [0.1, 0.15) is 10.8 Å². The first-order chi connectivity index (χ1) is 11.2. The second kappa shape index (κ2) is 5.81. The van der Waals surface area contributed by atoms with Crippen molar-refractivity contribution in [3.05, 3.63) is 27.8 Å². The van der Waals surface area contributed by atoms with Gasteiger partial charge in [-0.05, 0) is 45.7 Å². The number of aromatic nitrogens is 3. The molecule has 8 heteroatoms. The molecule has 0 aromatic carbocycles. The van der Waals surface area contributed by atoms with Crippen LogP contribution < -0.4 is 5.69 Å². The molecule has 0 spiro atoms. The number of nitrogens with one attached hydrogen (secondary N) is 1. The highest BCUT2D eigenvalue weighted by Crippen LogP contribution is 2.36. The summed E-state index contributed by atoms with van der Waals surface area (Å²) in [5.41, 5.74) is 0.482. The monoisotopic (exact) mass is 352 g/mol. The van der Waals surface area contributed by atoms with Crippen molar-refractivity contribution in [1.29, 1.82) is 0 Å². The van der Waals surface area contributed by atoms with Gasteiger partial charge in [-0.2, -0.15) is 0 Å². The fourth-order valence-corrected chi connectivity index (χ4v) is 3.03. The van der Waals surface area contributed by atoms with Gasteiger partial charge in [0.05, 0.1) is 5.52 Å². The molecule has 24 heavy (non-hydrogen) atoms. The van der Waals surface area contributed by atoms with Crippen LogP contribution >= 0.6 is 11.6 Å². The summed E-state index contributed by atoms with van der Waals surface area (Å²) < 4.78 is 7.00. The van der Waals surface area contributed by atoms with Crippen molar-refractivity contribution in [1.82, 2.24) is 19.4 Å². The molecule has 0 aliphatic heterocycles. The molecule has 1 amide bonds. The minimum Gasteiger partial charge on any atom is -0.444 e. The van der Waals surface area contributed by atoms with Crippen LogP contribution in [0, 0.1) is 0 Å². The van der Waals surface area contributed by atoms with Crippen LogP contribution in [0.15, 0.2) is 16.9 Å². The molecule has 0 atom stereocenters. The summed E-state index contributed by atoms with van der Waals surface area (Å²) in [7, 11) is 1.72. The van der Waals surface area contributed by atoms with Gasteiger partial charge in [0.25, 0.3) is 0 Å². The zero-order valence-electron chi connectivity index (χ0n) is 14.2. The van der Waals surface area contributed by atoms with E-state index in [4.69, 9.17) is 16.3 Å². The van der Waals surface area contributed by atoms with E-state index in [9.17, 15) is 9.59 Å². The van der Waals surface area contributed by atoms with Gasteiger partial charge in [-0.25, -0.2) is 14.6 Å². The van der Waals surface area contributed by atoms with Gasteiger partial charge in [-0.15, -0.1) is 0 Å². The Kier molecular flexibility index (Phi) is 4.07. The highest BCUT2D eigenvalue weighted by Gasteiger charge is 2.38. The van der Waals surface area contributed by atoms with Gasteiger partial charge in [0, 0.05) is 19.1 Å². The SMILES string of the molecule is CN(C(=O)OC(C)(C)C)[C@H]1C[C@H](n2c(=O)[nH]c3ccc(Cl)nc32)C1. The molecule has 130 valence electrons. The lowest BCUT2D eigenvalue weighted by Crippen LogP contribution is -2.49. The Balaban J connectivity index is 1.73. The molecule has 1 aliphatic rings. The molecule has 1 fully saturated rings. The lowest BCUT2D eigenvalue weighted by atomic mass is 9.85. The normalized spacial score (nSPS) is 20.7. The van der Waals surface area contributed by atoms with Crippen molar-refractivity contribution >= 4 is 28.9 Å². The molecule has 7 nitrogen and oxygen atoms in total. The predicted molar refractivity (Wildman–Crippen MR) is 91.4 cm³/mol. The summed E-state index contributed by atoms with van der Waals surface area (Å²) >= 11 is 5.94. The maximum atomic E-state index is 12.2. The highest BCUT2D eigenvalue weighted by atomic mass is 35.5. The number of nitrogens with zero attached hydrogens (tertiary/aromatic N) is 3. The van der Waals surface area contributed by atoms with Crippen LogP contribution in [0.5, 0.6) is 0 Å². The second-order valence-corrected chi connectivity index (χ2v) is 7.56. The number of aromatic amines is 1. The van der Waals surface area contributed by atoms with Crippen LogP contribution in [0.1, 0.15) is 39.7 Å². The third-order valence-corrected chi connectivity index (χ3v) is 4.42. The second-order valence-electron chi connectivity index (χ2n) is 7.18. The van der Waals surface area contributed by atoms with Gasteiger partial charge in [0.2, 0.25) is 0 Å². The van der Waals surface area contributed by atoms with Gasteiger partial charge >= 0.3 is 11.8 Å². The van der Waals surface area contributed by atoms with Crippen LogP contribution in [-0.4, -0.2) is 44.2 Å². The molecular weight excluding hydrogens is 332 g/mol. The Bertz CT molecular complexity index is 830. The number of carbonyl (C=O) groups excluding carboxylic acids is 1. The van der Waals surface area contributed by atoms with E-state index in [0.29, 0.717) is 29.2 Å². The maximum absolute atomic E-state index is 12.2. The number of fused-ring (bicyclic) bond motifs is 1. The summed E-state index contributed by atoms with van der Waals surface area (Å²) in [5.74, 6) is 0. The maximum Gasteiger partial charge on any atom is 0.410 e. The third-order valence-electron chi connectivity index (χ3n) is 4.21. The largest absolute Gasteiger partial charge is 0.444 e. The number of ether oxygens (including phenoxy) is 1. The Labute approximate surface area is 144 Å². The quantitative estimate of drug-likeness (QED) is 0.842. The van der Waals surface area contributed by atoms with Crippen LogP contribution in [0.3, 0.4) is 0 Å². The fraction of sp³-hybridized carbons (Fsp3) is 0.562. The van der Waals surface area contributed by atoms with E-state index in [1.54, 1.807) is 28.6 Å². The minimum absolute atomic E-state index is 0.00731. The van der Waals surface area contributed by atoms with Crippen LogP contribution in [0.25, 0.3) is 11.2 Å². The van der Waals surface area contributed by atoms with E-state index in [2.05, 4.69) is 9.97 Å². The van der Waals surface area contributed by atoms with Gasteiger partial charge in [-0.1, -0.05) is 11.6 Å². The topological polar surface area (TPSA) is 80.2 Å². The standard InChI is InChI=1S/C16H21ClN4O3/c1-16(2,3)24-15(23)20(4)9-7-10(8-9)21-13-11(18-14(21)22)5-6-12(17)19-13/h5-6,9-10H,7-8H2,1-4H3,(H,18,22)/t9-,10-. The summed E-state index contributed by atoms with van der Waals surface area (Å²) in [5, 5.41) is 0.344. The molecule has 1 N–H and O–H groups in total. The molecule has 2 aromatic rings. The summed E-state index contributed by atoms with van der Waals surface area (Å²) in [6.45, 7) is 5.51. The molecule has 0 saturated heterocycles. The number of pyridine rings is 1. The number of hydrogen-bond donors (Lipinski definition) is 1. The molecule has 0 radical (unpaired) electrons. The number of H-pyrrole nitrogens is 1. The van der Waals surface area contributed by atoms with Crippen molar-refractivity contribution in [3.8, 4) is 0 Å². The third kappa shape index (κ3) is 3.13. The average Bonchev–Trinajstić information content (AvgIpc) is 2.71. The molecule has 3 rings (SSSR count). The first-order valence-corrected chi connectivity index (χ1v) is 8.26. The highest BCUT2D eigenvalue weighted by molar-refractivity contribution is 6.29. The Morgan fingerprint density at radius 2 is 2.08 bits per heavy atom. The Morgan fingerprint density at radius 3 is 2.71 bits per heavy atom. The van der Waals surface area contributed by atoms with Gasteiger partial charge in [-0.3, -0.25) is 4.57 Å². The minimum atomic E-state index is -0.525. The lowest BCUT2D eigenvalue weighted by Gasteiger charge is -2.41. The number of hydrogen-bond acceptors (Lipinski definition) is 4. The van der Waals surface area contributed by atoms with Gasteiger partial charge < -0.3 is 14.6 Å². The molecule has 2 heterocycles. The van der Waals surface area contributed by atoms with E-state index in [1.165, 1.54) is 0 Å². The van der Waals surface area contributed by atoms with E-state index in [-0.39, 0.29) is 23.9 Å². The Hall–Kier alpha value is -2.02. The fourth-order valence-electron chi connectivity index (χ4n) is 2.89. The smallest absolute Gasteiger partial charge is 0.410 e. The van der Waals surface area contributed by atoms with E-state index < -0.39 is 5.60 Å². The van der Waals surface area contributed by atoms with E-state index in [1.807, 2.05) is 20.8 Å². The van der Waals surface area contributed by atoms with Crippen LogP contribution in [0.4, 0.5) is 4.79 Å². The van der Waals surface area contributed by atoms with Crippen molar-refractivity contribution in [2.75, 3.05) is 7.05 Å². The lowest BCUT2D eigenvalue weighted by molar-refractivity contribution is 0.00786. The Morgan fingerprint density at radius 1 is 1.42 bits per heavy atom. The summed E-state index contributed by atoms with van der Waals surface area (Å²) in [6, 6.07) is 3.42. The summed E-state index contributed by atoms with van der Waals surface area (Å²) in [4.78, 5) is 32.9. The number of imidazole rings is 1. The molecule has 0 unspecified atom stereocenters. The molecule has 1 aliphatic carbocycles. The molecule has 0 bridgehead atoms. The molecule has 1 saturated carbocycles. The van der Waals surface area contributed by atoms with Crippen molar-refractivity contribution in [3.63, 3.8) is 0 Å². The van der Waals surface area contributed by atoms with Gasteiger partial charge in [0.15, 0.2) is 5.65 Å². The number of rotatable bonds is 2. The first kappa shape index (κ1) is 16.8. The van der Waals surface area contributed by atoms with Crippen LogP contribution in [0.2, 0.25) is 5.15 Å². The molecular formula is C16H21ClN4O3. The number of amides is 1. The van der Waals surface area contributed by atoms with Crippen molar-refractivity contribution in [2.45, 2.75) is 51.3 Å².